The average molecular weight is 388 g/mol. The highest BCUT2D eigenvalue weighted by atomic mass is 19.1. The molecule has 1 aliphatic heterocycles. The number of nitrogens with one attached hydrogen (secondary N) is 2. The van der Waals surface area contributed by atoms with Crippen LogP contribution in [0.15, 0.2) is 24.4 Å². The quantitative estimate of drug-likeness (QED) is 0.771. The van der Waals surface area contributed by atoms with E-state index >= 15 is 0 Å². The van der Waals surface area contributed by atoms with E-state index in [4.69, 9.17) is 0 Å². The van der Waals surface area contributed by atoms with Crippen molar-refractivity contribution >= 4 is 11.8 Å². The largest absolute Gasteiger partial charge is 0.355 e. The molecule has 1 aliphatic rings. The van der Waals surface area contributed by atoms with Gasteiger partial charge in [-0.2, -0.15) is 0 Å². The van der Waals surface area contributed by atoms with Crippen LogP contribution < -0.4 is 10.6 Å². The van der Waals surface area contributed by atoms with E-state index in [1.165, 1.54) is 17.0 Å². The second kappa shape index (κ2) is 8.47. The summed E-state index contributed by atoms with van der Waals surface area (Å²) in [6.45, 7) is 5.14. The molecular weight excluding hydrogens is 363 g/mol. The summed E-state index contributed by atoms with van der Waals surface area (Å²) >= 11 is 0. The van der Waals surface area contributed by atoms with Gasteiger partial charge in [-0.1, -0.05) is 11.3 Å². The molecule has 0 unspecified atom stereocenters. The van der Waals surface area contributed by atoms with E-state index in [0.29, 0.717) is 30.8 Å². The lowest BCUT2D eigenvalue weighted by Gasteiger charge is -2.17. The third-order valence-electron chi connectivity index (χ3n) is 4.88. The van der Waals surface area contributed by atoms with Crippen molar-refractivity contribution in [1.82, 2.24) is 30.5 Å². The van der Waals surface area contributed by atoms with Gasteiger partial charge in [0, 0.05) is 25.7 Å². The zero-order valence-electron chi connectivity index (χ0n) is 16.3. The lowest BCUT2D eigenvalue weighted by atomic mass is 10.1. The number of aromatic nitrogens is 3. The maximum atomic E-state index is 13.5. The molecule has 1 fully saturated rings. The predicted octanol–water partition coefficient (Wildman–Crippen LogP) is 1.04. The third kappa shape index (κ3) is 4.36. The highest BCUT2D eigenvalue weighted by Gasteiger charge is 2.31. The molecule has 1 saturated heterocycles. The van der Waals surface area contributed by atoms with Crippen molar-refractivity contribution < 1.29 is 14.0 Å². The van der Waals surface area contributed by atoms with Gasteiger partial charge in [-0.05, 0) is 38.0 Å². The summed E-state index contributed by atoms with van der Waals surface area (Å²) in [5, 5.41) is 14.3. The van der Waals surface area contributed by atoms with Crippen LogP contribution in [0.1, 0.15) is 41.0 Å². The molecule has 8 nitrogen and oxygen atoms in total. The van der Waals surface area contributed by atoms with Gasteiger partial charge in [0.15, 0.2) is 0 Å². The molecule has 2 heterocycles. The Morgan fingerprint density at radius 2 is 2.21 bits per heavy atom. The van der Waals surface area contributed by atoms with E-state index in [1.54, 1.807) is 30.9 Å². The zero-order chi connectivity index (χ0) is 20.3. The number of hydrogen-bond donors (Lipinski definition) is 2. The highest BCUT2D eigenvalue weighted by Crippen LogP contribution is 2.20. The second-order valence-corrected chi connectivity index (χ2v) is 7.06. The van der Waals surface area contributed by atoms with Gasteiger partial charge in [-0.3, -0.25) is 9.59 Å². The molecule has 0 aliphatic carbocycles. The normalized spacial score (nSPS) is 18.9. The first-order valence-corrected chi connectivity index (χ1v) is 9.32. The smallest absolute Gasteiger partial charge is 0.254 e. The van der Waals surface area contributed by atoms with E-state index in [1.807, 2.05) is 6.92 Å². The molecule has 0 bridgehead atoms. The van der Waals surface area contributed by atoms with Crippen molar-refractivity contribution in [2.75, 3.05) is 20.1 Å². The van der Waals surface area contributed by atoms with Crippen molar-refractivity contribution in [3.05, 3.63) is 47.0 Å². The van der Waals surface area contributed by atoms with Gasteiger partial charge in [0.25, 0.3) is 5.91 Å². The SMILES string of the molecule is CCNC(=O)[C@@H]1C[C@@H](n2cc(CN(C)C(=O)c3cc(F)ccc3C)nn2)CN1. The molecule has 9 heteroatoms. The van der Waals surface area contributed by atoms with Gasteiger partial charge in [0.1, 0.15) is 11.5 Å². The number of aryl methyl sites for hydroxylation is 1. The Balaban J connectivity index is 1.62. The molecule has 150 valence electrons. The lowest BCUT2D eigenvalue weighted by Crippen LogP contribution is -2.40. The Bertz CT molecular complexity index is 868. The van der Waals surface area contributed by atoms with Crippen molar-refractivity contribution in [2.45, 2.75) is 38.9 Å². The van der Waals surface area contributed by atoms with Gasteiger partial charge < -0.3 is 15.5 Å². The van der Waals surface area contributed by atoms with E-state index in [2.05, 4.69) is 20.9 Å². The maximum absolute atomic E-state index is 13.5. The van der Waals surface area contributed by atoms with Crippen LogP contribution in [0.2, 0.25) is 0 Å². The summed E-state index contributed by atoms with van der Waals surface area (Å²) in [7, 11) is 1.65. The third-order valence-corrected chi connectivity index (χ3v) is 4.88. The number of carbonyl (C=O) groups excluding carboxylic acids is 2. The van der Waals surface area contributed by atoms with Gasteiger partial charge >= 0.3 is 0 Å². The van der Waals surface area contributed by atoms with Crippen LogP contribution >= 0.6 is 0 Å². The average Bonchev–Trinajstić information content (AvgIpc) is 3.32. The van der Waals surface area contributed by atoms with E-state index in [9.17, 15) is 14.0 Å². The Morgan fingerprint density at radius 3 is 2.96 bits per heavy atom. The van der Waals surface area contributed by atoms with E-state index in [0.717, 1.165) is 5.56 Å². The van der Waals surface area contributed by atoms with Gasteiger partial charge in [0.05, 0.1) is 24.8 Å². The number of nitrogens with zero attached hydrogens (tertiary/aromatic N) is 4. The molecule has 0 saturated carbocycles. The minimum absolute atomic E-state index is 0.0128. The fourth-order valence-corrected chi connectivity index (χ4v) is 3.33. The first-order valence-electron chi connectivity index (χ1n) is 9.32. The minimum Gasteiger partial charge on any atom is -0.355 e. The summed E-state index contributed by atoms with van der Waals surface area (Å²) < 4.78 is 15.2. The number of benzene rings is 1. The van der Waals surface area contributed by atoms with E-state index in [-0.39, 0.29) is 30.4 Å². The second-order valence-electron chi connectivity index (χ2n) is 7.06. The van der Waals surface area contributed by atoms with Crippen LogP contribution in [0, 0.1) is 12.7 Å². The minimum atomic E-state index is -0.441. The molecule has 2 amide bonds. The van der Waals surface area contributed by atoms with Crippen molar-refractivity contribution in [1.29, 1.82) is 0 Å². The molecule has 1 aromatic heterocycles. The number of carbonyl (C=O) groups is 2. The topological polar surface area (TPSA) is 92.2 Å². The van der Waals surface area contributed by atoms with Crippen molar-refractivity contribution in [3.63, 3.8) is 0 Å². The summed E-state index contributed by atoms with van der Waals surface area (Å²) in [6.07, 6.45) is 2.42. The standard InChI is InChI=1S/C19H25FN6O2/c1-4-21-18(27)17-8-15(9-22-17)26-11-14(23-24-26)10-25(3)19(28)16-7-13(20)6-5-12(16)2/h5-7,11,15,17,22H,4,8-10H2,1-3H3,(H,21,27)/t15-,17+/m1/s1. The van der Waals surface area contributed by atoms with Crippen molar-refractivity contribution in [2.24, 2.45) is 0 Å². The summed E-state index contributed by atoms with van der Waals surface area (Å²) in [4.78, 5) is 26.0. The molecule has 2 N–H and O–H groups in total. The van der Waals surface area contributed by atoms with Crippen LogP contribution in [0.25, 0.3) is 0 Å². The van der Waals surface area contributed by atoms with Gasteiger partial charge in [-0.15, -0.1) is 5.10 Å². The molecule has 1 aromatic carbocycles. The molecule has 3 rings (SSSR count). The Hall–Kier alpha value is -2.81. The molecule has 2 atom stereocenters. The Labute approximate surface area is 163 Å². The van der Waals surface area contributed by atoms with Crippen LogP contribution in [0.4, 0.5) is 4.39 Å². The number of rotatable bonds is 6. The molecule has 28 heavy (non-hydrogen) atoms. The van der Waals surface area contributed by atoms with Crippen molar-refractivity contribution in [3.8, 4) is 0 Å². The fraction of sp³-hybridized carbons (Fsp3) is 0.474. The van der Waals surface area contributed by atoms with E-state index < -0.39 is 5.82 Å². The van der Waals surface area contributed by atoms with Crippen LogP contribution in [0.5, 0.6) is 0 Å². The maximum Gasteiger partial charge on any atom is 0.254 e. The molecule has 0 spiro atoms. The monoisotopic (exact) mass is 388 g/mol. The first kappa shape index (κ1) is 19.9. The summed E-state index contributed by atoms with van der Waals surface area (Å²) in [5.74, 6) is -0.727. The van der Waals surface area contributed by atoms with Gasteiger partial charge in [-0.25, -0.2) is 9.07 Å². The predicted molar refractivity (Wildman–Crippen MR) is 101 cm³/mol. The number of likely N-dealkylation sites (N-methyl/N-ethyl adjacent to an activating group) is 1. The fourth-order valence-electron chi connectivity index (χ4n) is 3.33. The van der Waals surface area contributed by atoms with Gasteiger partial charge in [0.2, 0.25) is 5.91 Å². The summed E-state index contributed by atoms with van der Waals surface area (Å²) in [5.41, 5.74) is 1.68. The number of amides is 2. The molecule has 2 aromatic rings. The molecular formula is C19H25FN6O2. The zero-order valence-corrected chi connectivity index (χ0v) is 16.3. The number of halogens is 1. The van der Waals surface area contributed by atoms with Crippen LogP contribution in [-0.2, 0) is 11.3 Å². The first-order chi connectivity index (χ1) is 13.4. The summed E-state index contributed by atoms with van der Waals surface area (Å²) in [6, 6.07) is 3.96. The lowest BCUT2D eigenvalue weighted by molar-refractivity contribution is -0.122. The Morgan fingerprint density at radius 1 is 1.43 bits per heavy atom. The van der Waals surface area contributed by atoms with Crippen LogP contribution in [-0.4, -0.2) is 57.9 Å². The van der Waals surface area contributed by atoms with Crippen LogP contribution in [0.3, 0.4) is 0 Å². The number of hydrogen-bond acceptors (Lipinski definition) is 5. The highest BCUT2D eigenvalue weighted by molar-refractivity contribution is 5.95. The molecule has 0 radical (unpaired) electrons. The Kier molecular flexibility index (Phi) is 6.03.